The SMILES string of the molecule is C=C(C)[C@@H]1CC[C@]2(C(=C)O)CC[C@]3(C)C(CC[C@@H]4[C@@]5(C)CCC(C)[C@@](C)(CC)[C@@H]5CC[C@]43C)[C@@H]12. The molecule has 5 aliphatic rings. The van der Waals surface area contributed by atoms with E-state index < -0.39 is 0 Å². The summed E-state index contributed by atoms with van der Waals surface area (Å²) in [4.78, 5) is 0. The summed E-state index contributed by atoms with van der Waals surface area (Å²) in [6.07, 6.45) is 14.5. The molecule has 5 saturated carbocycles. The first-order valence-corrected chi connectivity index (χ1v) is 14.9. The summed E-state index contributed by atoms with van der Waals surface area (Å²) in [6.45, 7) is 26.7. The molecule has 0 heterocycles. The van der Waals surface area contributed by atoms with Crippen LogP contribution in [0.2, 0.25) is 0 Å². The topological polar surface area (TPSA) is 20.2 Å². The Morgan fingerprint density at radius 2 is 1.53 bits per heavy atom. The van der Waals surface area contributed by atoms with Gasteiger partial charge >= 0.3 is 0 Å². The molecule has 0 aromatic heterocycles. The Labute approximate surface area is 211 Å². The van der Waals surface area contributed by atoms with Gasteiger partial charge in [-0.05, 0) is 128 Å². The van der Waals surface area contributed by atoms with Crippen molar-refractivity contribution in [1.29, 1.82) is 0 Å². The normalized spacial score (nSPS) is 56.6. The van der Waals surface area contributed by atoms with Gasteiger partial charge in [-0.25, -0.2) is 0 Å². The van der Waals surface area contributed by atoms with Crippen LogP contribution in [0, 0.1) is 62.6 Å². The number of aliphatic hydroxyl groups excluding tert-OH is 1. The Kier molecular flexibility index (Phi) is 5.61. The van der Waals surface area contributed by atoms with Crippen molar-refractivity contribution in [1.82, 2.24) is 0 Å². The summed E-state index contributed by atoms with van der Waals surface area (Å²) in [5.41, 5.74) is 3.04. The lowest BCUT2D eigenvalue weighted by molar-refractivity contribution is -0.243. The molecule has 0 amide bonds. The van der Waals surface area contributed by atoms with Crippen LogP contribution >= 0.6 is 0 Å². The number of hydrogen-bond acceptors (Lipinski definition) is 1. The van der Waals surface area contributed by atoms with E-state index >= 15 is 0 Å². The van der Waals surface area contributed by atoms with Gasteiger partial charge < -0.3 is 5.11 Å². The van der Waals surface area contributed by atoms with E-state index in [0.717, 1.165) is 30.6 Å². The minimum atomic E-state index is -0.0564. The average molecular weight is 467 g/mol. The lowest BCUT2D eigenvalue weighted by atomic mass is 9.31. The Bertz CT molecular complexity index is 872. The van der Waals surface area contributed by atoms with Crippen LogP contribution in [0.5, 0.6) is 0 Å². The van der Waals surface area contributed by atoms with Crippen molar-refractivity contribution in [2.24, 2.45) is 62.6 Å². The number of aliphatic hydroxyl groups is 1. The molecule has 192 valence electrons. The lowest BCUT2D eigenvalue weighted by Gasteiger charge is -2.73. The highest BCUT2D eigenvalue weighted by Crippen LogP contribution is 2.78. The third-order valence-electron chi connectivity index (χ3n) is 14.7. The van der Waals surface area contributed by atoms with Gasteiger partial charge in [0.15, 0.2) is 0 Å². The predicted octanol–water partition coefficient (Wildman–Crippen LogP) is 9.74. The highest BCUT2D eigenvalue weighted by molar-refractivity contribution is 5.25. The molecule has 34 heavy (non-hydrogen) atoms. The van der Waals surface area contributed by atoms with Gasteiger partial charge in [-0.15, -0.1) is 0 Å². The van der Waals surface area contributed by atoms with Gasteiger partial charge in [0.25, 0.3) is 0 Å². The van der Waals surface area contributed by atoms with Crippen LogP contribution in [0.3, 0.4) is 0 Å². The third kappa shape index (κ3) is 2.80. The molecule has 5 fully saturated rings. The van der Waals surface area contributed by atoms with E-state index in [1.165, 1.54) is 63.4 Å². The van der Waals surface area contributed by atoms with Crippen LogP contribution in [0.25, 0.3) is 0 Å². The van der Waals surface area contributed by atoms with Crippen LogP contribution in [0.4, 0.5) is 0 Å². The first-order valence-electron chi connectivity index (χ1n) is 14.9. The molecule has 1 heteroatoms. The van der Waals surface area contributed by atoms with Crippen LogP contribution < -0.4 is 0 Å². The first kappa shape index (κ1) is 25.0. The first-order chi connectivity index (χ1) is 15.8. The maximum Gasteiger partial charge on any atom is 0.0915 e. The van der Waals surface area contributed by atoms with Crippen molar-refractivity contribution in [2.45, 2.75) is 119 Å². The maximum absolute atomic E-state index is 11.0. The van der Waals surface area contributed by atoms with Crippen LogP contribution in [0.1, 0.15) is 119 Å². The Morgan fingerprint density at radius 3 is 2.15 bits per heavy atom. The quantitative estimate of drug-likeness (QED) is 0.324. The van der Waals surface area contributed by atoms with Gasteiger partial charge in [-0.2, -0.15) is 0 Å². The minimum Gasteiger partial charge on any atom is -0.512 e. The standard InChI is InChI=1S/C33H54O/c1-10-29(6)22(4)13-16-30(7)26(29)15-17-32(9)27(30)12-11-25-28-24(21(2)3)14-18-33(28,23(5)34)20-19-31(25,32)8/h22,24-28,34H,2,5,10-20H2,1,3-4,6-9H3/t22?,24-,25?,26-,27+,28+,29+,30-,31+,32+,33+/m0/s1. The Morgan fingerprint density at radius 1 is 0.824 bits per heavy atom. The summed E-state index contributed by atoms with van der Waals surface area (Å²) >= 11 is 0. The van der Waals surface area contributed by atoms with Gasteiger partial charge in [-0.3, -0.25) is 0 Å². The highest BCUT2D eigenvalue weighted by Gasteiger charge is 2.71. The predicted molar refractivity (Wildman–Crippen MR) is 145 cm³/mol. The molecular formula is C33H54O. The molecule has 0 radical (unpaired) electrons. The number of fused-ring (bicyclic) bond motifs is 7. The monoisotopic (exact) mass is 466 g/mol. The fourth-order valence-corrected chi connectivity index (χ4v) is 12.2. The molecule has 5 rings (SSSR count). The van der Waals surface area contributed by atoms with E-state index in [2.05, 4.69) is 61.6 Å². The van der Waals surface area contributed by atoms with Gasteiger partial charge in [0, 0.05) is 5.41 Å². The van der Waals surface area contributed by atoms with Crippen molar-refractivity contribution in [3.63, 3.8) is 0 Å². The molecule has 1 nitrogen and oxygen atoms in total. The molecule has 1 N–H and O–H groups in total. The van der Waals surface area contributed by atoms with Gasteiger partial charge in [0.1, 0.15) is 0 Å². The Hall–Kier alpha value is -0.720. The minimum absolute atomic E-state index is 0.0564. The Balaban J connectivity index is 1.56. The molecular weight excluding hydrogens is 412 g/mol. The molecule has 0 aromatic carbocycles. The van der Waals surface area contributed by atoms with Crippen molar-refractivity contribution in [2.75, 3.05) is 0 Å². The maximum atomic E-state index is 11.0. The molecule has 0 spiro atoms. The summed E-state index contributed by atoms with van der Waals surface area (Å²) < 4.78 is 0. The second-order valence-electron chi connectivity index (χ2n) is 15.1. The van der Waals surface area contributed by atoms with Crippen molar-refractivity contribution in [3.05, 3.63) is 24.5 Å². The van der Waals surface area contributed by atoms with Crippen molar-refractivity contribution < 1.29 is 5.11 Å². The second-order valence-corrected chi connectivity index (χ2v) is 15.1. The molecule has 11 atom stereocenters. The third-order valence-corrected chi connectivity index (χ3v) is 14.7. The largest absolute Gasteiger partial charge is 0.512 e. The molecule has 5 aliphatic carbocycles. The summed E-state index contributed by atoms with van der Waals surface area (Å²) in [5, 5.41) is 11.0. The van der Waals surface area contributed by atoms with Gasteiger partial charge in [0.2, 0.25) is 0 Å². The second kappa shape index (κ2) is 7.64. The van der Waals surface area contributed by atoms with E-state index in [0.29, 0.717) is 45.2 Å². The fourth-order valence-electron chi connectivity index (χ4n) is 12.2. The molecule has 2 unspecified atom stereocenters. The molecule has 0 aliphatic heterocycles. The van der Waals surface area contributed by atoms with Gasteiger partial charge in [-0.1, -0.05) is 66.7 Å². The van der Waals surface area contributed by atoms with Crippen molar-refractivity contribution >= 4 is 0 Å². The van der Waals surface area contributed by atoms with Gasteiger partial charge in [0.05, 0.1) is 5.76 Å². The van der Waals surface area contributed by atoms with E-state index in [1.807, 2.05) is 0 Å². The zero-order chi connectivity index (χ0) is 24.9. The van der Waals surface area contributed by atoms with Crippen LogP contribution in [-0.4, -0.2) is 5.11 Å². The molecule has 0 saturated heterocycles. The summed E-state index contributed by atoms with van der Waals surface area (Å²) in [5.74, 6) is 4.85. The number of rotatable bonds is 3. The van der Waals surface area contributed by atoms with Crippen molar-refractivity contribution in [3.8, 4) is 0 Å². The van der Waals surface area contributed by atoms with E-state index in [9.17, 15) is 5.11 Å². The zero-order valence-electron chi connectivity index (χ0n) is 23.6. The smallest absolute Gasteiger partial charge is 0.0915 e. The van der Waals surface area contributed by atoms with Crippen LogP contribution in [0.15, 0.2) is 24.5 Å². The highest BCUT2D eigenvalue weighted by atomic mass is 16.3. The zero-order valence-corrected chi connectivity index (χ0v) is 23.6. The summed E-state index contributed by atoms with van der Waals surface area (Å²) in [7, 11) is 0. The fraction of sp³-hybridized carbons (Fsp3) is 0.879. The van der Waals surface area contributed by atoms with E-state index in [-0.39, 0.29) is 5.41 Å². The number of allylic oxidation sites excluding steroid dienone is 2. The molecule has 0 bridgehead atoms. The summed E-state index contributed by atoms with van der Waals surface area (Å²) in [6, 6.07) is 0. The number of hydrogen-bond donors (Lipinski definition) is 1. The average Bonchev–Trinajstić information content (AvgIpc) is 3.18. The molecule has 0 aromatic rings. The lowest BCUT2D eigenvalue weighted by Crippen LogP contribution is -2.66. The van der Waals surface area contributed by atoms with E-state index in [1.54, 1.807) is 0 Å². The van der Waals surface area contributed by atoms with Crippen LogP contribution in [-0.2, 0) is 0 Å². The van der Waals surface area contributed by atoms with E-state index in [4.69, 9.17) is 0 Å².